The lowest BCUT2D eigenvalue weighted by Gasteiger charge is -2.11. The van der Waals surface area contributed by atoms with E-state index < -0.39 is 5.63 Å². The molecule has 21 heavy (non-hydrogen) atoms. The van der Waals surface area contributed by atoms with Gasteiger partial charge in [-0.15, -0.1) is 0 Å². The number of fused-ring (bicyclic) bond motifs is 1. The van der Waals surface area contributed by atoms with E-state index in [-0.39, 0.29) is 12.4 Å². The fourth-order valence-electron chi connectivity index (χ4n) is 2.13. The quantitative estimate of drug-likeness (QED) is 0.619. The summed E-state index contributed by atoms with van der Waals surface area (Å²) in [6.45, 7) is 0. The first kappa shape index (κ1) is 14.9. The van der Waals surface area contributed by atoms with Gasteiger partial charge in [-0.1, -0.05) is 0 Å². The molecule has 0 radical (unpaired) electrons. The maximum Gasteiger partial charge on any atom is 0.336 e. The highest BCUT2D eigenvalue weighted by molar-refractivity contribution is 5.88. The Morgan fingerprint density at radius 2 is 1.90 bits per heavy atom. The molecule has 0 aliphatic rings. The monoisotopic (exact) mass is 292 g/mol. The standard InChI is InChI=1S/C15H16O6/c1-18-10-7-11(19-2)15-9(4-5-13(16)20-3)6-14(17)21-12(15)8-10/h6-8H,4-5H2,1-3H3. The van der Waals surface area contributed by atoms with Crippen molar-refractivity contribution in [3.05, 3.63) is 34.2 Å². The number of aryl methyl sites for hydroxylation is 1. The molecule has 6 heteroatoms. The summed E-state index contributed by atoms with van der Waals surface area (Å²) in [6, 6.07) is 4.67. The van der Waals surface area contributed by atoms with E-state index in [0.717, 1.165) is 0 Å². The van der Waals surface area contributed by atoms with Gasteiger partial charge in [0.2, 0.25) is 0 Å². The molecule has 0 spiro atoms. The number of benzene rings is 1. The third-order valence-electron chi connectivity index (χ3n) is 3.14. The van der Waals surface area contributed by atoms with Crippen molar-refractivity contribution in [3.63, 3.8) is 0 Å². The van der Waals surface area contributed by atoms with E-state index in [1.807, 2.05) is 0 Å². The van der Waals surface area contributed by atoms with Gasteiger partial charge in [0.15, 0.2) is 0 Å². The number of ether oxygens (including phenoxy) is 3. The van der Waals surface area contributed by atoms with Crippen molar-refractivity contribution < 1.29 is 23.4 Å². The van der Waals surface area contributed by atoms with Crippen LogP contribution in [0.15, 0.2) is 27.4 Å². The third-order valence-corrected chi connectivity index (χ3v) is 3.14. The highest BCUT2D eigenvalue weighted by atomic mass is 16.5. The molecule has 0 aliphatic heterocycles. The molecule has 0 saturated carbocycles. The molecule has 0 amide bonds. The van der Waals surface area contributed by atoms with Gasteiger partial charge in [-0.05, 0) is 12.0 Å². The molecule has 2 aromatic rings. The molecular formula is C15H16O6. The molecule has 0 unspecified atom stereocenters. The van der Waals surface area contributed by atoms with Crippen LogP contribution in [-0.4, -0.2) is 27.3 Å². The molecule has 1 aromatic carbocycles. The lowest BCUT2D eigenvalue weighted by molar-refractivity contribution is -0.140. The summed E-state index contributed by atoms with van der Waals surface area (Å²) >= 11 is 0. The molecule has 1 heterocycles. The minimum atomic E-state index is -0.488. The Morgan fingerprint density at radius 3 is 2.52 bits per heavy atom. The molecule has 2 rings (SSSR count). The number of hydrogen-bond donors (Lipinski definition) is 0. The lowest BCUT2D eigenvalue weighted by Crippen LogP contribution is -2.06. The number of methoxy groups -OCH3 is 3. The Bertz CT molecular complexity index is 716. The minimum absolute atomic E-state index is 0.171. The van der Waals surface area contributed by atoms with Gasteiger partial charge in [0.05, 0.1) is 26.7 Å². The van der Waals surface area contributed by atoms with Crippen molar-refractivity contribution in [3.8, 4) is 11.5 Å². The van der Waals surface area contributed by atoms with Gasteiger partial charge in [0, 0.05) is 24.6 Å². The second-order valence-corrected chi connectivity index (χ2v) is 4.37. The van der Waals surface area contributed by atoms with Crippen molar-refractivity contribution >= 4 is 16.9 Å². The van der Waals surface area contributed by atoms with Gasteiger partial charge in [-0.3, -0.25) is 4.79 Å². The normalized spacial score (nSPS) is 10.4. The van der Waals surface area contributed by atoms with E-state index in [1.54, 1.807) is 12.1 Å². The van der Waals surface area contributed by atoms with Crippen LogP contribution >= 0.6 is 0 Å². The summed E-state index contributed by atoms with van der Waals surface area (Å²) in [7, 11) is 4.36. The summed E-state index contributed by atoms with van der Waals surface area (Å²) < 4.78 is 20.3. The first-order chi connectivity index (χ1) is 10.1. The van der Waals surface area contributed by atoms with Crippen LogP contribution < -0.4 is 15.1 Å². The fraction of sp³-hybridized carbons (Fsp3) is 0.333. The predicted octanol–water partition coefficient (Wildman–Crippen LogP) is 1.92. The Kier molecular flexibility index (Phi) is 4.47. The van der Waals surface area contributed by atoms with E-state index >= 15 is 0 Å². The second kappa shape index (κ2) is 6.30. The SMILES string of the molecule is COC(=O)CCc1cc(=O)oc2cc(OC)cc(OC)c12. The van der Waals surface area contributed by atoms with E-state index in [0.29, 0.717) is 34.5 Å². The maximum absolute atomic E-state index is 11.7. The number of carbonyl (C=O) groups excluding carboxylic acids is 1. The Labute approximate surface area is 121 Å². The molecule has 6 nitrogen and oxygen atoms in total. The minimum Gasteiger partial charge on any atom is -0.496 e. The van der Waals surface area contributed by atoms with Gasteiger partial charge >= 0.3 is 11.6 Å². The van der Waals surface area contributed by atoms with Crippen LogP contribution in [0.1, 0.15) is 12.0 Å². The Morgan fingerprint density at radius 1 is 1.14 bits per heavy atom. The molecule has 0 bridgehead atoms. The molecule has 112 valence electrons. The summed E-state index contributed by atoms with van der Waals surface area (Å²) in [6.07, 6.45) is 0.529. The maximum atomic E-state index is 11.7. The molecule has 0 atom stereocenters. The Balaban J connectivity index is 2.58. The van der Waals surface area contributed by atoms with Crippen molar-refractivity contribution in [2.75, 3.05) is 21.3 Å². The van der Waals surface area contributed by atoms with Gasteiger partial charge in [0.1, 0.15) is 17.1 Å². The van der Waals surface area contributed by atoms with Gasteiger partial charge in [0.25, 0.3) is 0 Å². The van der Waals surface area contributed by atoms with E-state index in [2.05, 4.69) is 4.74 Å². The van der Waals surface area contributed by atoms with E-state index in [4.69, 9.17) is 13.9 Å². The Hall–Kier alpha value is -2.50. The highest BCUT2D eigenvalue weighted by Crippen LogP contribution is 2.33. The van der Waals surface area contributed by atoms with Crippen LogP contribution in [0.3, 0.4) is 0 Å². The van der Waals surface area contributed by atoms with Crippen LogP contribution in [0, 0.1) is 0 Å². The number of hydrogen-bond acceptors (Lipinski definition) is 6. The average molecular weight is 292 g/mol. The van der Waals surface area contributed by atoms with Crippen LogP contribution in [0.2, 0.25) is 0 Å². The first-order valence-electron chi connectivity index (χ1n) is 6.34. The summed E-state index contributed by atoms with van der Waals surface area (Å²) in [5.41, 5.74) is 0.544. The molecule has 0 saturated heterocycles. The largest absolute Gasteiger partial charge is 0.496 e. The summed E-state index contributed by atoms with van der Waals surface area (Å²) in [5, 5.41) is 0.654. The van der Waals surface area contributed by atoms with Crippen molar-refractivity contribution in [1.29, 1.82) is 0 Å². The van der Waals surface area contributed by atoms with E-state index in [1.165, 1.54) is 27.4 Å². The van der Waals surface area contributed by atoms with Crippen molar-refractivity contribution in [2.24, 2.45) is 0 Å². The smallest absolute Gasteiger partial charge is 0.336 e. The third kappa shape index (κ3) is 3.16. The average Bonchev–Trinajstić information content (AvgIpc) is 2.50. The zero-order valence-electron chi connectivity index (χ0n) is 12.1. The highest BCUT2D eigenvalue weighted by Gasteiger charge is 2.14. The van der Waals surface area contributed by atoms with Crippen LogP contribution in [-0.2, 0) is 16.0 Å². The zero-order chi connectivity index (χ0) is 15.4. The fourth-order valence-corrected chi connectivity index (χ4v) is 2.13. The molecular weight excluding hydrogens is 276 g/mol. The first-order valence-corrected chi connectivity index (χ1v) is 6.34. The van der Waals surface area contributed by atoms with Crippen LogP contribution in [0.4, 0.5) is 0 Å². The van der Waals surface area contributed by atoms with Gasteiger partial charge in [-0.2, -0.15) is 0 Å². The van der Waals surface area contributed by atoms with Gasteiger partial charge < -0.3 is 18.6 Å². The number of rotatable bonds is 5. The number of esters is 1. The summed E-state index contributed by atoms with van der Waals surface area (Å²) in [4.78, 5) is 22.9. The predicted molar refractivity (Wildman–Crippen MR) is 75.9 cm³/mol. The van der Waals surface area contributed by atoms with E-state index in [9.17, 15) is 9.59 Å². The topological polar surface area (TPSA) is 75.0 Å². The van der Waals surface area contributed by atoms with Crippen LogP contribution in [0.5, 0.6) is 11.5 Å². The summed E-state index contributed by atoms with van der Waals surface area (Å²) in [5.74, 6) is 0.699. The lowest BCUT2D eigenvalue weighted by atomic mass is 10.0. The number of carbonyl (C=O) groups is 1. The second-order valence-electron chi connectivity index (χ2n) is 4.37. The van der Waals surface area contributed by atoms with Crippen LogP contribution in [0.25, 0.3) is 11.0 Å². The molecule has 0 aliphatic carbocycles. The van der Waals surface area contributed by atoms with Crippen molar-refractivity contribution in [1.82, 2.24) is 0 Å². The van der Waals surface area contributed by atoms with Gasteiger partial charge in [-0.25, -0.2) is 4.79 Å². The molecule has 1 aromatic heterocycles. The molecule has 0 N–H and O–H groups in total. The zero-order valence-corrected chi connectivity index (χ0v) is 12.1. The van der Waals surface area contributed by atoms with Crippen molar-refractivity contribution in [2.45, 2.75) is 12.8 Å². The molecule has 0 fully saturated rings.